The molecule has 112 valence electrons. The van der Waals surface area contributed by atoms with E-state index < -0.39 is 0 Å². The second-order valence-electron chi connectivity index (χ2n) is 5.54. The van der Waals surface area contributed by atoms with E-state index in [0.29, 0.717) is 17.2 Å². The lowest BCUT2D eigenvalue weighted by Gasteiger charge is -2.10. The third-order valence-corrected chi connectivity index (χ3v) is 3.33. The van der Waals surface area contributed by atoms with Gasteiger partial charge in [-0.15, -0.1) is 0 Å². The number of rotatable bonds is 3. The molecule has 0 amide bonds. The molecule has 2 aromatic carbocycles. The number of fused-ring (bicyclic) bond motifs is 1. The molecule has 0 spiro atoms. The van der Waals surface area contributed by atoms with Crippen molar-refractivity contribution in [2.24, 2.45) is 0 Å². The summed E-state index contributed by atoms with van der Waals surface area (Å²) in [5.74, 6) is 0.814. The van der Waals surface area contributed by atoms with Crippen molar-refractivity contribution in [3.05, 3.63) is 42.6 Å². The Morgan fingerprint density at radius 2 is 1.95 bits per heavy atom. The molecule has 0 saturated heterocycles. The second kappa shape index (κ2) is 5.52. The largest absolute Gasteiger partial charge is 0.507 e. The standard InChI is InChI=1S/C17H18N4O/c1-10(2)20-17-19-9-12-7-11(3-5-15(12)21-17)14-8-13(18)4-6-16(14)22/h3-10,22H,18H2,1-2H3,(H,19,20,21). The molecule has 3 rings (SSSR count). The zero-order chi connectivity index (χ0) is 15.7. The molecule has 3 aromatic rings. The van der Waals surface area contributed by atoms with Gasteiger partial charge in [0.1, 0.15) is 5.75 Å². The number of nitrogens with zero attached hydrogens (tertiary/aromatic N) is 2. The highest BCUT2D eigenvalue weighted by molar-refractivity contribution is 5.86. The minimum atomic E-state index is 0.201. The first-order chi connectivity index (χ1) is 10.5. The van der Waals surface area contributed by atoms with Crippen LogP contribution in [0.15, 0.2) is 42.6 Å². The van der Waals surface area contributed by atoms with Crippen molar-refractivity contribution in [2.75, 3.05) is 11.1 Å². The van der Waals surface area contributed by atoms with Crippen LogP contribution in [0.3, 0.4) is 0 Å². The predicted octanol–water partition coefficient (Wildman–Crippen LogP) is 3.40. The van der Waals surface area contributed by atoms with Crippen LogP contribution in [-0.2, 0) is 0 Å². The van der Waals surface area contributed by atoms with Gasteiger partial charge >= 0.3 is 0 Å². The molecule has 5 nitrogen and oxygen atoms in total. The first kappa shape index (κ1) is 14.1. The summed E-state index contributed by atoms with van der Waals surface area (Å²) in [6, 6.07) is 11.1. The van der Waals surface area contributed by atoms with Gasteiger partial charge in [-0.2, -0.15) is 0 Å². The molecule has 22 heavy (non-hydrogen) atoms. The molecular weight excluding hydrogens is 276 g/mol. The first-order valence-corrected chi connectivity index (χ1v) is 7.15. The van der Waals surface area contributed by atoms with Gasteiger partial charge in [-0.25, -0.2) is 9.97 Å². The van der Waals surface area contributed by atoms with Crippen molar-refractivity contribution in [2.45, 2.75) is 19.9 Å². The van der Waals surface area contributed by atoms with Gasteiger partial charge in [0.25, 0.3) is 0 Å². The van der Waals surface area contributed by atoms with E-state index in [1.165, 1.54) is 0 Å². The number of aromatic hydroxyl groups is 1. The number of nitrogens with two attached hydrogens (primary N) is 1. The van der Waals surface area contributed by atoms with Gasteiger partial charge in [0.15, 0.2) is 0 Å². The number of anilines is 2. The van der Waals surface area contributed by atoms with E-state index in [4.69, 9.17) is 5.73 Å². The Hall–Kier alpha value is -2.82. The average molecular weight is 294 g/mol. The Morgan fingerprint density at radius 3 is 2.73 bits per heavy atom. The van der Waals surface area contributed by atoms with Gasteiger partial charge in [0, 0.05) is 28.9 Å². The van der Waals surface area contributed by atoms with Crippen LogP contribution in [-0.4, -0.2) is 21.1 Å². The maximum Gasteiger partial charge on any atom is 0.223 e. The molecule has 5 heteroatoms. The summed E-state index contributed by atoms with van der Waals surface area (Å²) < 4.78 is 0. The number of nitrogens with one attached hydrogen (secondary N) is 1. The first-order valence-electron chi connectivity index (χ1n) is 7.15. The average Bonchev–Trinajstić information content (AvgIpc) is 2.48. The summed E-state index contributed by atoms with van der Waals surface area (Å²) in [6.45, 7) is 4.08. The van der Waals surface area contributed by atoms with Crippen LogP contribution >= 0.6 is 0 Å². The molecule has 0 aliphatic rings. The van der Waals surface area contributed by atoms with Crippen molar-refractivity contribution >= 4 is 22.5 Å². The minimum absolute atomic E-state index is 0.201. The van der Waals surface area contributed by atoms with Gasteiger partial charge in [0.2, 0.25) is 5.95 Å². The molecule has 0 aliphatic carbocycles. The monoisotopic (exact) mass is 294 g/mol. The third kappa shape index (κ3) is 2.79. The van der Waals surface area contributed by atoms with E-state index >= 15 is 0 Å². The van der Waals surface area contributed by atoms with Gasteiger partial charge in [-0.05, 0) is 49.7 Å². The zero-order valence-electron chi connectivity index (χ0n) is 12.5. The number of nitrogen functional groups attached to an aromatic ring is 1. The van der Waals surface area contributed by atoms with Gasteiger partial charge in [-0.3, -0.25) is 0 Å². The van der Waals surface area contributed by atoms with Crippen molar-refractivity contribution in [3.8, 4) is 16.9 Å². The summed E-state index contributed by atoms with van der Waals surface area (Å²) in [6.07, 6.45) is 1.78. The maximum atomic E-state index is 10.0. The summed E-state index contributed by atoms with van der Waals surface area (Å²) in [7, 11) is 0. The summed E-state index contributed by atoms with van der Waals surface area (Å²) >= 11 is 0. The Labute approximate surface area is 128 Å². The van der Waals surface area contributed by atoms with Crippen molar-refractivity contribution in [3.63, 3.8) is 0 Å². The predicted molar refractivity (Wildman–Crippen MR) is 89.8 cm³/mol. The van der Waals surface area contributed by atoms with E-state index in [2.05, 4.69) is 15.3 Å². The normalized spacial score (nSPS) is 11.0. The molecule has 0 fully saturated rings. The third-order valence-electron chi connectivity index (χ3n) is 3.33. The summed E-state index contributed by atoms with van der Waals surface area (Å²) in [4.78, 5) is 8.79. The zero-order valence-corrected chi connectivity index (χ0v) is 12.5. The van der Waals surface area contributed by atoms with Crippen LogP contribution in [0.4, 0.5) is 11.6 Å². The van der Waals surface area contributed by atoms with E-state index in [0.717, 1.165) is 16.5 Å². The highest BCUT2D eigenvalue weighted by Crippen LogP contribution is 2.32. The van der Waals surface area contributed by atoms with Gasteiger partial charge in [0.05, 0.1) is 5.52 Å². The lowest BCUT2D eigenvalue weighted by Crippen LogP contribution is -2.12. The number of benzene rings is 2. The highest BCUT2D eigenvalue weighted by atomic mass is 16.3. The number of phenols is 1. The molecule has 1 heterocycles. The molecule has 0 saturated carbocycles. The van der Waals surface area contributed by atoms with Crippen molar-refractivity contribution < 1.29 is 5.11 Å². The second-order valence-corrected chi connectivity index (χ2v) is 5.54. The molecule has 0 radical (unpaired) electrons. The number of aromatic nitrogens is 2. The maximum absolute atomic E-state index is 10.0. The lowest BCUT2D eigenvalue weighted by atomic mass is 10.0. The van der Waals surface area contributed by atoms with E-state index in [1.54, 1.807) is 24.4 Å². The number of phenolic OH excluding ortho intramolecular Hbond substituents is 1. The molecule has 0 aliphatic heterocycles. The Balaban J connectivity index is 2.05. The van der Waals surface area contributed by atoms with Gasteiger partial charge in [-0.1, -0.05) is 6.07 Å². The van der Waals surface area contributed by atoms with Crippen molar-refractivity contribution in [1.29, 1.82) is 0 Å². The molecule has 0 unspecified atom stereocenters. The fourth-order valence-electron chi connectivity index (χ4n) is 2.31. The summed E-state index contributed by atoms with van der Waals surface area (Å²) in [5.41, 5.74) is 8.84. The Bertz CT molecular complexity index is 830. The van der Waals surface area contributed by atoms with E-state index in [-0.39, 0.29) is 11.8 Å². The highest BCUT2D eigenvalue weighted by Gasteiger charge is 2.07. The molecule has 1 aromatic heterocycles. The SMILES string of the molecule is CC(C)Nc1ncc2cc(-c3cc(N)ccc3O)ccc2n1. The Kier molecular flexibility index (Phi) is 3.55. The smallest absolute Gasteiger partial charge is 0.223 e. The topological polar surface area (TPSA) is 84.1 Å². The van der Waals surface area contributed by atoms with Crippen LogP contribution in [0, 0.1) is 0 Å². The molecular formula is C17H18N4O. The van der Waals surface area contributed by atoms with Crippen LogP contribution in [0.1, 0.15) is 13.8 Å². The van der Waals surface area contributed by atoms with Crippen LogP contribution in [0.25, 0.3) is 22.0 Å². The molecule has 0 atom stereocenters. The van der Waals surface area contributed by atoms with Crippen LogP contribution in [0.2, 0.25) is 0 Å². The van der Waals surface area contributed by atoms with Crippen LogP contribution in [0.5, 0.6) is 5.75 Å². The number of hydrogen-bond donors (Lipinski definition) is 3. The van der Waals surface area contributed by atoms with Crippen LogP contribution < -0.4 is 11.1 Å². The van der Waals surface area contributed by atoms with Crippen molar-refractivity contribution in [1.82, 2.24) is 9.97 Å². The fourth-order valence-corrected chi connectivity index (χ4v) is 2.31. The molecule has 0 bridgehead atoms. The fraction of sp³-hybridized carbons (Fsp3) is 0.176. The Morgan fingerprint density at radius 1 is 1.14 bits per heavy atom. The van der Waals surface area contributed by atoms with E-state index in [1.807, 2.05) is 32.0 Å². The summed E-state index contributed by atoms with van der Waals surface area (Å²) in [5, 5.41) is 14.1. The quantitative estimate of drug-likeness (QED) is 0.509. The van der Waals surface area contributed by atoms with E-state index in [9.17, 15) is 5.11 Å². The minimum Gasteiger partial charge on any atom is -0.507 e. The number of hydrogen-bond acceptors (Lipinski definition) is 5. The van der Waals surface area contributed by atoms with Gasteiger partial charge < -0.3 is 16.2 Å². The lowest BCUT2D eigenvalue weighted by molar-refractivity contribution is 0.477. The molecule has 4 N–H and O–H groups in total.